The van der Waals surface area contributed by atoms with Gasteiger partial charge in [-0.3, -0.25) is 0 Å². The topological polar surface area (TPSA) is 70.4 Å². The monoisotopic (exact) mass is 368 g/mol. The fourth-order valence-electron chi connectivity index (χ4n) is 4.34. The van der Waals surface area contributed by atoms with Crippen LogP contribution in [0.5, 0.6) is 0 Å². The highest BCUT2D eigenvalue weighted by molar-refractivity contribution is 5.88. The zero-order chi connectivity index (χ0) is 18.8. The van der Waals surface area contributed by atoms with Gasteiger partial charge < -0.3 is 15.3 Å². The predicted octanol–water partition coefficient (Wildman–Crippen LogP) is 3.52. The molecule has 1 aromatic heterocycles. The Kier molecular flexibility index (Phi) is 5.16. The van der Waals surface area contributed by atoms with Crippen molar-refractivity contribution in [3.05, 3.63) is 41.1 Å². The van der Waals surface area contributed by atoms with Gasteiger partial charge in [-0.25, -0.2) is 9.48 Å². The van der Waals surface area contributed by atoms with Crippen molar-refractivity contribution in [1.29, 1.82) is 0 Å². The summed E-state index contributed by atoms with van der Waals surface area (Å²) in [7, 11) is 0. The fraction of sp³-hybridized carbons (Fsp3) is 0.524. The van der Waals surface area contributed by atoms with Crippen LogP contribution in [-0.4, -0.2) is 51.9 Å². The molecule has 2 N–H and O–H groups in total. The molecule has 0 atom stereocenters. The van der Waals surface area contributed by atoms with Crippen molar-refractivity contribution >= 4 is 11.8 Å². The fourth-order valence-corrected chi connectivity index (χ4v) is 4.34. The molecule has 2 aliphatic rings. The number of likely N-dealkylation sites (tertiary alicyclic amines) is 1. The summed E-state index contributed by atoms with van der Waals surface area (Å²) in [5, 5.41) is 17.9. The number of carboxylic acids is 1. The largest absolute Gasteiger partial charge is 0.478 e. The molecule has 0 unspecified atom stereocenters. The lowest BCUT2D eigenvalue weighted by atomic mass is 9.90. The van der Waals surface area contributed by atoms with E-state index in [2.05, 4.69) is 17.1 Å². The van der Waals surface area contributed by atoms with Gasteiger partial charge in [-0.05, 0) is 69.9 Å². The molecular formula is C21H28N4O2. The van der Waals surface area contributed by atoms with Crippen LogP contribution in [0.25, 0.3) is 5.69 Å². The van der Waals surface area contributed by atoms with E-state index in [-0.39, 0.29) is 0 Å². The lowest BCUT2D eigenvalue weighted by molar-refractivity contribution is 0.0697. The van der Waals surface area contributed by atoms with Crippen LogP contribution in [0, 0.1) is 0 Å². The van der Waals surface area contributed by atoms with E-state index in [1.54, 1.807) is 18.2 Å². The van der Waals surface area contributed by atoms with E-state index in [1.807, 2.05) is 10.7 Å². The molecule has 1 aromatic carbocycles. The van der Waals surface area contributed by atoms with E-state index in [1.165, 1.54) is 17.7 Å². The number of anilines is 1. The van der Waals surface area contributed by atoms with Crippen LogP contribution in [0.4, 0.5) is 5.82 Å². The first-order chi connectivity index (χ1) is 13.2. The molecule has 2 aromatic rings. The molecule has 4 rings (SSSR count). The first-order valence-corrected chi connectivity index (χ1v) is 10.1. The minimum atomic E-state index is -0.907. The maximum atomic E-state index is 11.4. The number of hydrogen-bond donors (Lipinski definition) is 2. The summed E-state index contributed by atoms with van der Waals surface area (Å²) >= 11 is 0. The van der Waals surface area contributed by atoms with Crippen LogP contribution in [0.15, 0.2) is 24.3 Å². The molecule has 0 radical (unpaired) electrons. The van der Waals surface area contributed by atoms with Crippen molar-refractivity contribution in [1.82, 2.24) is 14.7 Å². The van der Waals surface area contributed by atoms with Gasteiger partial charge in [-0.1, -0.05) is 13.0 Å². The Morgan fingerprint density at radius 1 is 1.30 bits per heavy atom. The average molecular weight is 368 g/mol. The third kappa shape index (κ3) is 3.58. The second-order valence-electron chi connectivity index (χ2n) is 7.57. The van der Waals surface area contributed by atoms with Crippen LogP contribution >= 0.6 is 0 Å². The summed E-state index contributed by atoms with van der Waals surface area (Å²) < 4.78 is 1.94. The molecule has 1 saturated heterocycles. The average Bonchev–Trinajstić information content (AvgIpc) is 2.89. The number of hydrogen-bond acceptors (Lipinski definition) is 4. The van der Waals surface area contributed by atoms with Crippen LogP contribution < -0.4 is 5.32 Å². The first kappa shape index (κ1) is 18.0. The Morgan fingerprint density at radius 2 is 2.11 bits per heavy atom. The van der Waals surface area contributed by atoms with E-state index in [9.17, 15) is 9.90 Å². The van der Waals surface area contributed by atoms with Crippen LogP contribution in [0.3, 0.4) is 0 Å². The van der Waals surface area contributed by atoms with Gasteiger partial charge in [0.25, 0.3) is 0 Å². The Labute approximate surface area is 160 Å². The quantitative estimate of drug-likeness (QED) is 0.864. The Morgan fingerprint density at radius 3 is 2.85 bits per heavy atom. The number of piperidine rings is 1. The lowest BCUT2D eigenvalue weighted by Crippen LogP contribution is -2.33. The number of rotatable bonds is 4. The summed E-state index contributed by atoms with van der Waals surface area (Å²) in [5.41, 5.74) is 3.67. The van der Waals surface area contributed by atoms with E-state index >= 15 is 0 Å². The molecule has 2 aliphatic heterocycles. The summed E-state index contributed by atoms with van der Waals surface area (Å²) in [6.45, 7) is 6.53. The van der Waals surface area contributed by atoms with Crippen molar-refractivity contribution in [3.63, 3.8) is 0 Å². The van der Waals surface area contributed by atoms with Crippen molar-refractivity contribution < 1.29 is 9.90 Å². The third-order valence-electron chi connectivity index (χ3n) is 5.92. The molecule has 144 valence electrons. The summed E-state index contributed by atoms with van der Waals surface area (Å²) in [5.74, 6) is 0.642. The Hall–Kier alpha value is -2.34. The minimum absolute atomic E-state index is 0.295. The summed E-state index contributed by atoms with van der Waals surface area (Å²) in [4.78, 5) is 13.9. The molecule has 0 spiro atoms. The number of aromatic nitrogens is 2. The SMILES string of the molecule is CCN1CCC(c2nn(-c3cccc(C(=O)O)c3)c3c2CCCCN3)CC1. The lowest BCUT2D eigenvalue weighted by Gasteiger charge is -2.30. The number of benzene rings is 1. The zero-order valence-corrected chi connectivity index (χ0v) is 15.9. The standard InChI is InChI=1S/C21H28N4O2/c1-2-24-12-9-15(10-13-24)19-18-8-3-4-11-22-20(18)25(23-19)17-7-5-6-16(14-17)21(26)27/h5-7,14-15,22H,2-4,8-13H2,1H3,(H,26,27). The highest BCUT2D eigenvalue weighted by atomic mass is 16.4. The number of nitrogens with one attached hydrogen (secondary N) is 1. The maximum absolute atomic E-state index is 11.4. The molecule has 0 bridgehead atoms. The number of fused-ring (bicyclic) bond motifs is 1. The van der Waals surface area contributed by atoms with Crippen molar-refractivity contribution in [3.8, 4) is 5.69 Å². The molecule has 0 aliphatic carbocycles. The molecule has 0 saturated carbocycles. The molecule has 1 fully saturated rings. The van der Waals surface area contributed by atoms with Gasteiger partial charge in [0.15, 0.2) is 0 Å². The van der Waals surface area contributed by atoms with E-state index < -0.39 is 5.97 Å². The number of nitrogens with zero attached hydrogens (tertiary/aromatic N) is 3. The maximum Gasteiger partial charge on any atom is 0.335 e. The summed E-state index contributed by atoms with van der Waals surface area (Å²) in [6.07, 6.45) is 5.66. The molecule has 0 amide bonds. The molecule has 27 heavy (non-hydrogen) atoms. The second-order valence-corrected chi connectivity index (χ2v) is 7.57. The number of carbonyl (C=O) groups is 1. The van der Waals surface area contributed by atoms with Crippen molar-refractivity contribution in [2.24, 2.45) is 0 Å². The van der Waals surface area contributed by atoms with Gasteiger partial charge >= 0.3 is 5.97 Å². The van der Waals surface area contributed by atoms with Crippen molar-refractivity contribution in [2.45, 2.75) is 44.9 Å². The van der Waals surface area contributed by atoms with E-state index in [0.717, 1.165) is 63.4 Å². The van der Waals surface area contributed by atoms with Crippen molar-refractivity contribution in [2.75, 3.05) is 31.5 Å². The van der Waals surface area contributed by atoms with Gasteiger partial charge in [-0.15, -0.1) is 0 Å². The zero-order valence-electron chi connectivity index (χ0n) is 15.9. The van der Waals surface area contributed by atoms with E-state index in [0.29, 0.717) is 11.5 Å². The molecule has 6 nitrogen and oxygen atoms in total. The van der Waals surface area contributed by atoms with E-state index in [4.69, 9.17) is 5.10 Å². The molecule has 3 heterocycles. The third-order valence-corrected chi connectivity index (χ3v) is 5.92. The van der Waals surface area contributed by atoms with Gasteiger partial charge in [-0.2, -0.15) is 5.10 Å². The minimum Gasteiger partial charge on any atom is -0.478 e. The van der Waals surface area contributed by atoms with Crippen LogP contribution in [0.1, 0.15) is 60.1 Å². The summed E-state index contributed by atoms with van der Waals surface area (Å²) in [6, 6.07) is 7.08. The first-order valence-electron chi connectivity index (χ1n) is 10.1. The molecular weight excluding hydrogens is 340 g/mol. The number of carboxylic acid groups (broad SMARTS) is 1. The van der Waals surface area contributed by atoms with Crippen LogP contribution in [-0.2, 0) is 6.42 Å². The van der Waals surface area contributed by atoms with Gasteiger partial charge in [0.2, 0.25) is 0 Å². The Bertz CT molecular complexity index is 822. The molecule has 6 heteroatoms. The van der Waals surface area contributed by atoms with Gasteiger partial charge in [0.05, 0.1) is 16.9 Å². The predicted molar refractivity (Wildman–Crippen MR) is 106 cm³/mol. The normalized spacial score (nSPS) is 18.6. The highest BCUT2D eigenvalue weighted by Crippen LogP contribution is 2.36. The van der Waals surface area contributed by atoms with Gasteiger partial charge in [0, 0.05) is 18.0 Å². The van der Waals surface area contributed by atoms with Gasteiger partial charge in [0.1, 0.15) is 5.82 Å². The van der Waals surface area contributed by atoms with Crippen LogP contribution in [0.2, 0.25) is 0 Å². The number of aromatic carboxylic acids is 1. The smallest absolute Gasteiger partial charge is 0.335 e. The second kappa shape index (κ2) is 7.72. The Balaban J connectivity index is 1.73. The highest BCUT2D eigenvalue weighted by Gasteiger charge is 2.28.